The Balaban J connectivity index is 1.50. The topological polar surface area (TPSA) is 194 Å². The summed E-state index contributed by atoms with van der Waals surface area (Å²) in [6.07, 6.45) is -1.52. The number of aromatic hydroxyl groups is 2. The fourth-order valence-corrected chi connectivity index (χ4v) is 7.38. The number of rotatable bonds is 5. The van der Waals surface area contributed by atoms with Crippen LogP contribution >= 0.6 is 0 Å². The molecule has 0 saturated heterocycles. The van der Waals surface area contributed by atoms with Crippen molar-refractivity contribution in [1.29, 1.82) is 0 Å². The largest absolute Gasteiger partial charge is 0.507 e. The second-order valence-electron chi connectivity index (χ2n) is 11.9. The molecule has 2 aromatic carbocycles. The number of fused-ring (bicyclic) bond motifs is 2. The summed E-state index contributed by atoms with van der Waals surface area (Å²) in [5.41, 5.74) is -3.13. The van der Waals surface area contributed by atoms with Crippen molar-refractivity contribution < 1.29 is 58.6 Å². The summed E-state index contributed by atoms with van der Waals surface area (Å²) in [6, 6.07) is 4.32. The summed E-state index contributed by atoms with van der Waals surface area (Å²) >= 11 is 0. The molecule has 0 saturated carbocycles. The Kier molecular flexibility index (Phi) is 6.71. The van der Waals surface area contributed by atoms with E-state index in [0.717, 1.165) is 14.2 Å². The molecule has 1 spiro atoms. The van der Waals surface area contributed by atoms with Crippen LogP contribution in [-0.2, 0) is 30.3 Å². The molecule has 0 fully saturated rings. The first-order valence-electron chi connectivity index (χ1n) is 14.0. The van der Waals surface area contributed by atoms with Crippen molar-refractivity contribution in [2.24, 2.45) is 11.3 Å². The second-order valence-corrected chi connectivity index (χ2v) is 11.9. The molecule has 4 aliphatic carbocycles. The molecule has 4 N–H and O–H groups in total. The minimum Gasteiger partial charge on any atom is -0.507 e. The molecule has 1 heterocycles. The van der Waals surface area contributed by atoms with Gasteiger partial charge >= 0.3 is 11.9 Å². The van der Waals surface area contributed by atoms with E-state index in [2.05, 4.69) is 4.74 Å². The fraction of sp³-hybridized carbons (Fsp3) is 0.406. The number of benzene rings is 2. The maximum absolute atomic E-state index is 14.0. The molecule has 0 radical (unpaired) electrons. The van der Waals surface area contributed by atoms with E-state index < -0.39 is 76.5 Å². The highest BCUT2D eigenvalue weighted by atomic mass is 16.6. The Morgan fingerprint density at radius 2 is 1.80 bits per heavy atom. The maximum atomic E-state index is 14.0. The number of aliphatic hydroxyl groups excluding tert-OH is 2. The number of hydrogen-bond acceptors (Lipinski definition) is 12. The van der Waals surface area contributed by atoms with Crippen LogP contribution in [0.4, 0.5) is 0 Å². The molecule has 230 valence electrons. The lowest BCUT2D eigenvalue weighted by Gasteiger charge is -2.46. The number of phenols is 2. The van der Waals surface area contributed by atoms with Gasteiger partial charge in [-0.05, 0) is 48.6 Å². The van der Waals surface area contributed by atoms with Crippen LogP contribution in [0, 0.1) is 18.3 Å². The number of carbonyl (C=O) groups is 5. The zero-order chi connectivity index (χ0) is 31.9. The molecule has 5 aliphatic rings. The molecule has 0 amide bonds. The number of ketones is 3. The van der Waals surface area contributed by atoms with Crippen LogP contribution in [0.3, 0.4) is 0 Å². The predicted octanol–water partition coefficient (Wildman–Crippen LogP) is 1.91. The first-order valence-corrected chi connectivity index (χ1v) is 14.0. The van der Waals surface area contributed by atoms with Crippen molar-refractivity contribution >= 4 is 29.3 Å². The van der Waals surface area contributed by atoms with Crippen LogP contribution in [-0.4, -0.2) is 75.6 Å². The number of carbonyl (C=O) groups excluding carboxylic acids is 5. The summed E-state index contributed by atoms with van der Waals surface area (Å²) in [5.74, 6) is -7.57. The minimum absolute atomic E-state index is 0.0643. The van der Waals surface area contributed by atoms with Crippen molar-refractivity contribution in [3.8, 4) is 17.2 Å². The molecule has 0 aromatic heterocycles. The summed E-state index contributed by atoms with van der Waals surface area (Å²) in [5, 5.41) is 45.0. The average molecular weight is 607 g/mol. The number of ether oxygens (including phenoxy) is 3. The highest BCUT2D eigenvalue weighted by molar-refractivity contribution is 6.18. The fourth-order valence-electron chi connectivity index (χ4n) is 7.38. The Hall–Kier alpha value is -4.55. The number of esters is 2. The second kappa shape index (κ2) is 10.00. The monoisotopic (exact) mass is 606 g/mol. The molecule has 2 bridgehead atoms. The Morgan fingerprint density at radius 1 is 1.07 bits per heavy atom. The van der Waals surface area contributed by atoms with Gasteiger partial charge in [0.15, 0.2) is 17.3 Å². The van der Waals surface area contributed by atoms with E-state index in [1.165, 1.54) is 18.2 Å². The van der Waals surface area contributed by atoms with Gasteiger partial charge in [-0.1, -0.05) is 18.2 Å². The summed E-state index contributed by atoms with van der Waals surface area (Å²) < 4.78 is 15.5. The average Bonchev–Trinajstić information content (AvgIpc) is 3.21. The molecule has 12 heteroatoms. The van der Waals surface area contributed by atoms with Crippen molar-refractivity contribution in [3.63, 3.8) is 0 Å². The van der Waals surface area contributed by atoms with Gasteiger partial charge in [-0.25, -0.2) is 4.79 Å². The van der Waals surface area contributed by atoms with Gasteiger partial charge in [0, 0.05) is 17.4 Å². The van der Waals surface area contributed by atoms with Gasteiger partial charge < -0.3 is 34.6 Å². The van der Waals surface area contributed by atoms with E-state index in [-0.39, 0.29) is 58.6 Å². The smallest absolute Gasteiger partial charge is 0.353 e. The van der Waals surface area contributed by atoms with Gasteiger partial charge in [0.05, 0.1) is 44.1 Å². The van der Waals surface area contributed by atoms with E-state index >= 15 is 0 Å². The van der Waals surface area contributed by atoms with E-state index in [4.69, 9.17) is 9.47 Å². The van der Waals surface area contributed by atoms with Crippen molar-refractivity contribution in [2.75, 3.05) is 14.2 Å². The van der Waals surface area contributed by atoms with E-state index in [9.17, 15) is 44.4 Å². The number of Topliss-reactive ketones (excluding diaryl/α,β-unsaturated/α-hetero) is 3. The summed E-state index contributed by atoms with van der Waals surface area (Å²) in [7, 11) is 2.20. The van der Waals surface area contributed by atoms with Crippen LogP contribution in [0.15, 0.2) is 30.4 Å². The maximum Gasteiger partial charge on any atom is 0.353 e. The van der Waals surface area contributed by atoms with Crippen LogP contribution in [0.25, 0.3) is 0 Å². The lowest BCUT2D eigenvalue weighted by molar-refractivity contribution is -0.172. The Morgan fingerprint density at radius 3 is 2.48 bits per heavy atom. The normalized spacial score (nSPS) is 28.6. The molecule has 7 rings (SSSR count). The third-order valence-corrected chi connectivity index (χ3v) is 9.44. The number of hydrogen-bond donors (Lipinski definition) is 4. The zero-order valence-corrected chi connectivity index (χ0v) is 24.1. The Bertz CT molecular complexity index is 1710. The molecule has 12 nitrogen and oxygen atoms in total. The lowest BCUT2D eigenvalue weighted by atomic mass is 9.56. The van der Waals surface area contributed by atoms with E-state index in [1.807, 2.05) is 0 Å². The van der Waals surface area contributed by atoms with Crippen LogP contribution in [0.1, 0.15) is 74.3 Å². The van der Waals surface area contributed by atoms with Gasteiger partial charge in [-0.3, -0.25) is 19.2 Å². The minimum atomic E-state index is -2.26. The molecular formula is C32H30O12. The van der Waals surface area contributed by atoms with Crippen LogP contribution in [0.2, 0.25) is 0 Å². The summed E-state index contributed by atoms with van der Waals surface area (Å²) in [4.78, 5) is 66.2. The number of allylic oxidation sites excluding steroid dienone is 1. The van der Waals surface area contributed by atoms with Gasteiger partial charge in [0.2, 0.25) is 5.60 Å². The SMILES string of the molecule is COC(=O)CC[C@H](O)[C@@]1(C(=O)OC)CC(=O)c2c(cc3c(c2O)[C@H]2C=C[C@]4(C3)C(C(=O)c3c(O)cc(C)cc3[C@@H]4O)C2=O)O1. The third-order valence-electron chi connectivity index (χ3n) is 9.44. The van der Waals surface area contributed by atoms with Gasteiger partial charge in [-0.15, -0.1) is 0 Å². The first kappa shape index (κ1) is 29.5. The number of methoxy groups -OCH3 is 2. The Labute approximate surface area is 250 Å². The van der Waals surface area contributed by atoms with Crippen LogP contribution < -0.4 is 4.74 Å². The molecule has 44 heavy (non-hydrogen) atoms. The van der Waals surface area contributed by atoms with Crippen molar-refractivity contribution in [1.82, 2.24) is 0 Å². The predicted molar refractivity (Wildman–Crippen MR) is 148 cm³/mol. The molecule has 6 atom stereocenters. The quantitative estimate of drug-likeness (QED) is 0.220. The molecule has 2 aromatic rings. The number of phenolic OH excluding ortho intramolecular Hbond substituents is 2. The molecule has 1 aliphatic heterocycles. The van der Waals surface area contributed by atoms with Gasteiger partial charge in [0.25, 0.3) is 0 Å². The standard InChI is InChI=1S/C32H30O12/c1-13-8-16-23(17(33)9-13)28(39)25-26(37)15-6-7-31(25,29(16)40)11-14-10-19-24(27(38)22(14)15)18(34)12-32(44-19,30(41)43-3)20(35)4-5-21(36)42-2/h6-10,15,20,25,29,33,35,38,40H,4-5,11-12H2,1-3H3/t15-,20+,25?,29+,31+,32-/m1/s1. The number of aliphatic hydroxyl groups is 2. The van der Waals surface area contributed by atoms with E-state index in [1.54, 1.807) is 19.1 Å². The highest BCUT2D eigenvalue weighted by Gasteiger charge is 2.62. The van der Waals surface area contributed by atoms with Crippen LogP contribution in [0.5, 0.6) is 17.2 Å². The third kappa shape index (κ3) is 3.87. The molecular weight excluding hydrogens is 576 g/mol. The number of aryl methyl sites for hydroxylation is 1. The van der Waals surface area contributed by atoms with Crippen molar-refractivity contribution in [3.05, 3.63) is 63.7 Å². The highest BCUT2D eigenvalue weighted by Crippen LogP contribution is 2.60. The summed E-state index contributed by atoms with van der Waals surface area (Å²) in [6.45, 7) is 1.69. The van der Waals surface area contributed by atoms with Crippen molar-refractivity contribution in [2.45, 2.75) is 56.3 Å². The van der Waals surface area contributed by atoms with E-state index in [0.29, 0.717) is 5.56 Å². The first-order chi connectivity index (χ1) is 20.8. The van der Waals surface area contributed by atoms with Gasteiger partial charge in [0.1, 0.15) is 28.9 Å². The van der Waals surface area contributed by atoms with Gasteiger partial charge in [-0.2, -0.15) is 0 Å². The zero-order valence-electron chi connectivity index (χ0n) is 24.1. The molecule has 1 unspecified atom stereocenters. The lowest BCUT2D eigenvalue weighted by Crippen LogP contribution is -2.58.